The molecule has 1 spiro atoms. The fourth-order valence-electron chi connectivity index (χ4n) is 4.52. The summed E-state index contributed by atoms with van der Waals surface area (Å²) in [4.78, 5) is 12.6. The minimum absolute atomic E-state index is 0.124. The van der Waals surface area contributed by atoms with Crippen molar-refractivity contribution in [2.45, 2.75) is 67.5 Å². The van der Waals surface area contributed by atoms with Gasteiger partial charge in [0.1, 0.15) is 5.25 Å². The first-order chi connectivity index (χ1) is 13.9. The third-order valence-corrected chi connectivity index (χ3v) is 8.29. The number of rotatable bonds is 5. The van der Waals surface area contributed by atoms with Gasteiger partial charge in [0.25, 0.3) is 0 Å². The van der Waals surface area contributed by atoms with Gasteiger partial charge in [0.05, 0.1) is 24.0 Å². The van der Waals surface area contributed by atoms with Crippen LogP contribution in [0, 0.1) is 6.92 Å². The predicted molar refractivity (Wildman–Crippen MR) is 109 cm³/mol. The van der Waals surface area contributed by atoms with Crippen molar-refractivity contribution in [3.8, 4) is 0 Å². The maximum Gasteiger partial charge on any atom is 0.307 e. The van der Waals surface area contributed by atoms with Gasteiger partial charge in [-0.15, -0.1) is 0 Å². The van der Waals surface area contributed by atoms with Crippen molar-refractivity contribution in [3.63, 3.8) is 0 Å². The minimum atomic E-state index is -3.74. The third-order valence-electron chi connectivity index (χ3n) is 6.05. The van der Waals surface area contributed by atoms with Crippen LogP contribution in [-0.2, 0) is 30.7 Å². The first-order valence-corrected chi connectivity index (χ1v) is 11.6. The smallest absolute Gasteiger partial charge is 0.307 e. The molecule has 2 fully saturated rings. The molecule has 3 unspecified atom stereocenters. The van der Waals surface area contributed by atoms with Gasteiger partial charge in [0.15, 0.2) is 15.4 Å². The van der Waals surface area contributed by atoms with Crippen LogP contribution in [0.5, 0.6) is 0 Å². The van der Waals surface area contributed by atoms with Gasteiger partial charge < -0.3 is 9.47 Å². The van der Waals surface area contributed by atoms with Crippen molar-refractivity contribution < 1.29 is 22.7 Å². The molecule has 6 heteroatoms. The number of carbonyl (C=O) groups excluding carboxylic acids is 1. The molecule has 1 aliphatic carbocycles. The number of esters is 1. The monoisotopic (exact) mass is 414 g/mol. The number of hydrogen-bond donors (Lipinski definition) is 0. The number of ether oxygens (including phenoxy) is 2. The molecule has 1 saturated carbocycles. The van der Waals surface area contributed by atoms with Crippen molar-refractivity contribution in [3.05, 3.63) is 65.7 Å². The van der Waals surface area contributed by atoms with Gasteiger partial charge in [-0.1, -0.05) is 54.4 Å². The van der Waals surface area contributed by atoms with E-state index in [2.05, 4.69) is 0 Å². The summed E-state index contributed by atoms with van der Waals surface area (Å²) in [5, 5.41) is -0.925. The van der Waals surface area contributed by atoms with Crippen LogP contribution in [0.15, 0.2) is 59.5 Å². The SMILES string of the molecule is Cc1ccc(S(=O)(=O)C2CC(=O)OC23CCCCC3OCc2ccccc2)cc1. The largest absolute Gasteiger partial charge is 0.455 e. The van der Waals surface area contributed by atoms with E-state index in [1.54, 1.807) is 24.3 Å². The lowest BCUT2D eigenvalue weighted by atomic mass is 9.79. The Morgan fingerprint density at radius 1 is 1.07 bits per heavy atom. The Balaban J connectivity index is 1.66. The topological polar surface area (TPSA) is 69.7 Å². The van der Waals surface area contributed by atoms with Crippen LogP contribution in [0.25, 0.3) is 0 Å². The fourth-order valence-corrected chi connectivity index (χ4v) is 6.57. The van der Waals surface area contributed by atoms with E-state index in [4.69, 9.17) is 9.47 Å². The van der Waals surface area contributed by atoms with Gasteiger partial charge in [-0.2, -0.15) is 0 Å². The van der Waals surface area contributed by atoms with Gasteiger partial charge in [0.2, 0.25) is 0 Å². The fraction of sp³-hybridized carbons (Fsp3) is 0.435. The minimum Gasteiger partial charge on any atom is -0.455 e. The molecular weight excluding hydrogens is 388 g/mol. The molecule has 0 amide bonds. The highest BCUT2D eigenvalue weighted by molar-refractivity contribution is 7.92. The molecule has 2 aromatic carbocycles. The second-order valence-corrected chi connectivity index (χ2v) is 10.1. The van der Waals surface area contributed by atoms with E-state index < -0.39 is 32.8 Å². The maximum absolute atomic E-state index is 13.5. The highest BCUT2D eigenvalue weighted by Gasteiger charge is 2.60. The standard InChI is InChI=1S/C23H26O5S/c1-17-10-12-19(13-11-17)29(25,26)21-15-22(24)28-23(21)14-6-5-9-20(23)27-16-18-7-3-2-4-8-18/h2-4,7-8,10-13,20-21H,5-6,9,14-16H2,1H3. The summed E-state index contributed by atoms with van der Waals surface area (Å²) in [6.45, 7) is 2.27. The van der Waals surface area contributed by atoms with Gasteiger partial charge in [-0.25, -0.2) is 8.42 Å². The van der Waals surface area contributed by atoms with Crippen molar-refractivity contribution >= 4 is 15.8 Å². The summed E-state index contributed by atoms with van der Waals surface area (Å²) < 4.78 is 39.0. The van der Waals surface area contributed by atoms with Crippen LogP contribution in [0.1, 0.15) is 43.2 Å². The average molecular weight is 415 g/mol. The quantitative estimate of drug-likeness (QED) is 0.692. The summed E-state index contributed by atoms with van der Waals surface area (Å²) in [6.07, 6.45) is 2.37. The number of benzene rings is 2. The lowest BCUT2D eigenvalue weighted by molar-refractivity contribution is -0.171. The second kappa shape index (κ2) is 7.92. The highest BCUT2D eigenvalue weighted by Crippen LogP contribution is 2.46. The number of carbonyl (C=O) groups is 1. The molecule has 5 nitrogen and oxygen atoms in total. The maximum atomic E-state index is 13.5. The Kier molecular flexibility index (Phi) is 5.49. The number of sulfone groups is 1. The molecule has 29 heavy (non-hydrogen) atoms. The molecule has 154 valence electrons. The number of aryl methyl sites for hydroxylation is 1. The van der Waals surface area contributed by atoms with E-state index in [-0.39, 0.29) is 11.3 Å². The summed E-state index contributed by atoms with van der Waals surface area (Å²) in [7, 11) is -3.74. The molecule has 0 radical (unpaired) electrons. The van der Waals surface area contributed by atoms with E-state index in [1.165, 1.54) is 0 Å². The Morgan fingerprint density at radius 3 is 2.52 bits per heavy atom. The van der Waals surface area contributed by atoms with Crippen molar-refractivity contribution in [2.75, 3.05) is 0 Å². The van der Waals surface area contributed by atoms with Crippen LogP contribution in [0.2, 0.25) is 0 Å². The molecule has 0 aromatic heterocycles. The number of hydrogen-bond acceptors (Lipinski definition) is 5. The van der Waals surface area contributed by atoms with Crippen LogP contribution < -0.4 is 0 Å². The van der Waals surface area contributed by atoms with E-state index in [9.17, 15) is 13.2 Å². The molecule has 0 bridgehead atoms. The lowest BCUT2D eigenvalue weighted by Crippen LogP contribution is -2.55. The van der Waals surface area contributed by atoms with E-state index >= 15 is 0 Å². The highest BCUT2D eigenvalue weighted by atomic mass is 32.2. The van der Waals surface area contributed by atoms with E-state index in [0.717, 1.165) is 24.0 Å². The van der Waals surface area contributed by atoms with Crippen LogP contribution in [0.3, 0.4) is 0 Å². The Morgan fingerprint density at radius 2 is 1.79 bits per heavy atom. The Labute approximate surface area is 172 Å². The van der Waals surface area contributed by atoms with E-state index in [0.29, 0.717) is 19.4 Å². The van der Waals surface area contributed by atoms with Gasteiger partial charge in [0, 0.05) is 0 Å². The van der Waals surface area contributed by atoms with Gasteiger partial charge in [-0.3, -0.25) is 4.79 Å². The van der Waals surface area contributed by atoms with E-state index in [1.807, 2.05) is 37.3 Å². The Bertz CT molecular complexity index is 968. The molecule has 4 rings (SSSR count). The zero-order valence-electron chi connectivity index (χ0n) is 16.5. The zero-order valence-corrected chi connectivity index (χ0v) is 17.4. The van der Waals surface area contributed by atoms with Crippen molar-refractivity contribution in [2.24, 2.45) is 0 Å². The molecule has 1 saturated heterocycles. The molecule has 3 atom stereocenters. The van der Waals surface area contributed by atoms with Crippen LogP contribution in [-0.4, -0.2) is 31.3 Å². The summed E-state index contributed by atoms with van der Waals surface area (Å²) >= 11 is 0. The first kappa shape index (κ1) is 20.1. The van der Waals surface area contributed by atoms with Crippen molar-refractivity contribution in [1.82, 2.24) is 0 Å². The van der Waals surface area contributed by atoms with Crippen LogP contribution >= 0.6 is 0 Å². The summed E-state index contributed by atoms with van der Waals surface area (Å²) in [6, 6.07) is 16.5. The molecular formula is C23H26O5S. The molecule has 2 aliphatic rings. The molecule has 0 N–H and O–H groups in total. The first-order valence-electron chi connectivity index (χ1n) is 10.1. The predicted octanol–water partition coefficient (Wildman–Crippen LogP) is 3.98. The average Bonchev–Trinajstić information content (AvgIpc) is 3.06. The molecule has 2 aromatic rings. The third kappa shape index (κ3) is 3.83. The summed E-state index contributed by atoms with van der Waals surface area (Å²) in [5.74, 6) is -0.458. The van der Waals surface area contributed by atoms with Gasteiger partial charge in [-0.05, 0) is 43.9 Å². The van der Waals surface area contributed by atoms with Crippen LogP contribution in [0.4, 0.5) is 0 Å². The molecule has 1 aliphatic heterocycles. The zero-order chi connectivity index (χ0) is 20.5. The summed E-state index contributed by atoms with van der Waals surface area (Å²) in [5.41, 5.74) is 0.878. The van der Waals surface area contributed by atoms with Crippen molar-refractivity contribution in [1.29, 1.82) is 0 Å². The van der Waals surface area contributed by atoms with Gasteiger partial charge >= 0.3 is 5.97 Å². The second-order valence-electron chi connectivity index (χ2n) is 8.01. The Hall–Kier alpha value is -2.18. The molecule has 1 heterocycles. The normalized spacial score (nSPS) is 27.1. The lowest BCUT2D eigenvalue weighted by Gasteiger charge is -2.42.